The van der Waals surface area contributed by atoms with Gasteiger partial charge in [0.1, 0.15) is 0 Å². The minimum absolute atomic E-state index is 0.140. The van der Waals surface area contributed by atoms with Crippen molar-refractivity contribution in [3.8, 4) is 0 Å². The molecule has 0 saturated carbocycles. The van der Waals surface area contributed by atoms with E-state index in [-0.39, 0.29) is 5.75 Å². The van der Waals surface area contributed by atoms with Crippen LogP contribution in [0.1, 0.15) is 31.4 Å². The fraction of sp³-hybridized carbons (Fsp3) is 0.625. The summed E-state index contributed by atoms with van der Waals surface area (Å²) in [7, 11) is 0.999. The van der Waals surface area contributed by atoms with Gasteiger partial charge in [0.15, 0.2) is 0 Å². The lowest BCUT2D eigenvalue weighted by molar-refractivity contribution is 0.262. The van der Waals surface area contributed by atoms with Crippen LogP contribution in [0.3, 0.4) is 0 Å². The van der Waals surface area contributed by atoms with Crippen molar-refractivity contribution in [3.63, 3.8) is 0 Å². The fourth-order valence-electron chi connectivity index (χ4n) is 2.93. The van der Waals surface area contributed by atoms with Crippen molar-refractivity contribution in [1.82, 2.24) is 9.62 Å². The Bertz CT molecular complexity index is 587. The second-order valence-electron chi connectivity index (χ2n) is 5.98. The average Bonchev–Trinajstić information content (AvgIpc) is 2.95. The van der Waals surface area contributed by atoms with Crippen LogP contribution in [0.4, 0.5) is 5.69 Å². The highest BCUT2D eigenvalue weighted by Crippen LogP contribution is 2.32. The van der Waals surface area contributed by atoms with E-state index in [0.29, 0.717) is 12.6 Å². The normalized spacial score (nSPS) is 19.5. The number of benzene rings is 1. The SMILES string of the molecule is CCS(=O)(=O)NCCN1CCCC1c1cccc(N(C)C)c1. The van der Waals surface area contributed by atoms with Crippen molar-refractivity contribution in [2.75, 3.05) is 44.4 Å². The number of nitrogens with zero attached hydrogens (tertiary/aromatic N) is 2. The number of nitrogens with one attached hydrogen (secondary N) is 1. The zero-order valence-corrected chi connectivity index (χ0v) is 14.6. The third kappa shape index (κ3) is 4.44. The number of rotatable bonds is 7. The van der Waals surface area contributed by atoms with Crippen molar-refractivity contribution in [2.45, 2.75) is 25.8 Å². The van der Waals surface area contributed by atoms with Crippen molar-refractivity contribution in [2.24, 2.45) is 0 Å². The highest BCUT2D eigenvalue weighted by atomic mass is 32.2. The van der Waals surface area contributed by atoms with E-state index in [4.69, 9.17) is 0 Å². The summed E-state index contributed by atoms with van der Waals surface area (Å²) in [5, 5.41) is 0. The zero-order valence-electron chi connectivity index (χ0n) is 13.7. The van der Waals surface area contributed by atoms with Gasteiger partial charge in [0.2, 0.25) is 10.0 Å². The largest absolute Gasteiger partial charge is 0.378 e. The van der Waals surface area contributed by atoms with E-state index >= 15 is 0 Å². The quantitative estimate of drug-likeness (QED) is 0.831. The van der Waals surface area contributed by atoms with Gasteiger partial charge >= 0.3 is 0 Å². The van der Waals surface area contributed by atoms with Gasteiger partial charge in [0.05, 0.1) is 5.75 Å². The fourth-order valence-corrected chi connectivity index (χ4v) is 3.53. The van der Waals surface area contributed by atoms with E-state index in [9.17, 15) is 8.42 Å². The van der Waals surface area contributed by atoms with Gasteiger partial charge in [-0.25, -0.2) is 13.1 Å². The van der Waals surface area contributed by atoms with Crippen molar-refractivity contribution >= 4 is 15.7 Å². The Labute approximate surface area is 134 Å². The molecule has 22 heavy (non-hydrogen) atoms. The molecule has 5 nitrogen and oxygen atoms in total. The molecular weight excluding hydrogens is 298 g/mol. The summed E-state index contributed by atoms with van der Waals surface area (Å²) >= 11 is 0. The van der Waals surface area contributed by atoms with E-state index < -0.39 is 10.0 Å². The van der Waals surface area contributed by atoms with Crippen LogP contribution in [0.5, 0.6) is 0 Å². The van der Waals surface area contributed by atoms with Gasteiger partial charge in [-0.3, -0.25) is 4.90 Å². The molecule has 1 N–H and O–H groups in total. The Morgan fingerprint density at radius 2 is 2.14 bits per heavy atom. The molecule has 0 aliphatic carbocycles. The molecule has 1 aromatic rings. The van der Waals surface area contributed by atoms with Crippen LogP contribution in [0, 0.1) is 0 Å². The van der Waals surface area contributed by atoms with E-state index in [0.717, 1.165) is 25.9 Å². The molecule has 1 aliphatic rings. The van der Waals surface area contributed by atoms with Crippen LogP contribution >= 0.6 is 0 Å². The van der Waals surface area contributed by atoms with Gasteiger partial charge in [-0.1, -0.05) is 12.1 Å². The van der Waals surface area contributed by atoms with Gasteiger partial charge in [-0.2, -0.15) is 0 Å². The topological polar surface area (TPSA) is 52.7 Å². The predicted molar refractivity (Wildman–Crippen MR) is 91.8 cm³/mol. The standard InChI is InChI=1S/C16H27N3O2S/c1-4-22(20,21)17-10-12-19-11-6-9-16(19)14-7-5-8-15(13-14)18(2)3/h5,7-8,13,16-17H,4,6,9-12H2,1-3H3. The highest BCUT2D eigenvalue weighted by Gasteiger charge is 2.26. The molecule has 0 bridgehead atoms. The maximum absolute atomic E-state index is 11.5. The highest BCUT2D eigenvalue weighted by molar-refractivity contribution is 7.89. The molecule has 1 unspecified atom stereocenters. The van der Waals surface area contributed by atoms with Crippen molar-refractivity contribution in [3.05, 3.63) is 29.8 Å². The molecule has 1 atom stereocenters. The smallest absolute Gasteiger partial charge is 0.211 e. The third-order valence-corrected chi connectivity index (χ3v) is 5.64. The molecule has 6 heteroatoms. The van der Waals surface area contributed by atoms with Gasteiger partial charge < -0.3 is 4.90 Å². The summed E-state index contributed by atoms with van der Waals surface area (Å²) in [6, 6.07) is 9.01. The third-order valence-electron chi connectivity index (χ3n) is 4.24. The minimum Gasteiger partial charge on any atom is -0.378 e. The molecule has 0 radical (unpaired) electrons. The number of hydrogen-bond donors (Lipinski definition) is 1. The van der Waals surface area contributed by atoms with Gasteiger partial charge in [-0.05, 0) is 44.0 Å². The van der Waals surface area contributed by atoms with E-state index in [1.807, 2.05) is 14.1 Å². The number of sulfonamides is 1. The Kier molecular flexibility index (Phi) is 5.83. The Morgan fingerprint density at radius 1 is 1.36 bits per heavy atom. The van der Waals surface area contributed by atoms with Gasteiger partial charge in [0.25, 0.3) is 0 Å². The molecule has 0 spiro atoms. The maximum atomic E-state index is 11.5. The molecule has 0 amide bonds. The maximum Gasteiger partial charge on any atom is 0.211 e. The van der Waals surface area contributed by atoms with E-state index in [2.05, 4.69) is 38.8 Å². The molecule has 1 fully saturated rings. The average molecular weight is 325 g/mol. The monoisotopic (exact) mass is 325 g/mol. The predicted octanol–water partition coefficient (Wildman–Crippen LogP) is 1.83. The number of hydrogen-bond acceptors (Lipinski definition) is 4. The van der Waals surface area contributed by atoms with Crippen LogP contribution in [-0.4, -0.2) is 52.8 Å². The minimum atomic E-state index is -3.09. The lowest BCUT2D eigenvalue weighted by atomic mass is 10.0. The first-order valence-corrected chi connectivity index (χ1v) is 9.57. The lowest BCUT2D eigenvalue weighted by Crippen LogP contribution is -2.35. The van der Waals surface area contributed by atoms with Crippen LogP contribution < -0.4 is 9.62 Å². The Hall–Kier alpha value is -1.11. The summed E-state index contributed by atoms with van der Waals surface area (Å²) in [6.07, 6.45) is 2.30. The molecule has 1 aliphatic heterocycles. The summed E-state index contributed by atoms with van der Waals surface area (Å²) in [6.45, 7) is 3.94. The molecule has 1 heterocycles. The summed E-state index contributed by atoms with van der Waals surface area (Å²) in [5.74, 6) is 0.140. The van der Waals surface area contributed by atoms with Gasteiger partial charge in [-0.15, -0.1) is 0 Å². The van der Waals surface area contributed by atoms with Crippen molar-refractivity contribution < 1.29 is 8.42 Å². The van der Waals surface area contributed by atoms with Crippen LogP contribution in [-0.2, 0) is 10.0 Å². The second-order valence-corrected chi connectivity index (χ2v) is 8.08. The molecular formula is C16H27N3O2S. The Morgan fingerprint density at radius 3 is 2.82 bits per heavy atom. The second kappa shape index (κ2) is 7.44. The molecule has 124 valence electrons. The van der Waals surface area contributed by atoms with E-state index in [1.54, 1.807) is 6.92 Å². The first-order valence-electron chi connectivity index (χ1n) is 7.91. The van der Waals surface area contributed by atoms with E-state index in [1.165, 1.54) is 11.3 Å². The lowest BCUT2D eigenvalue weighted by Gasteiger charge is -2.26. The first kappa shape index (κ1) is 17.2. The molecule has 0 aromatic heterocycles. The van der Waals surface area contributed by atoms with Crippen LogP contribution in [0.15, 0.2) is 24.3 Å². The molecule has 1 saturated heterocycles. The Balaban J connectivity index is 2.00. The number of anilines is 1. The number of likely N-dealkylation sites (tertiary alicyclic amines) is 1. The van der Waals surface area contributed by atoms with Crippen LogP contribution in [0.2, 0.25) is 0 Å². The zero-order chi connectivity index (χ0) is 16.2. The summed E-state index contributed by atoms with van der Waals surface area (Å²) < 4.78 is 25.7. The van der Waals surface area contributed by atoms with Gasteiger partial charge in [0, 0.05) is 38.9 Å². The molecule has 1 aromatic carbocycles. The van der Waals surface area contributed by atoms with Crippen LogP contribution in [0.25, 0.3) is 0 Å². The first-order chi connectivity index (χ1) is 10.4. The van der Waals surface area contributed by atoms with Crippen molar-refractivity contribution in [1.29, 1.82) is 0 Å². The summed E-state index contributed by atoms with van der Waals surface area (Å²) in [4.78, 5) is 4.49. The molecule has 2 rings (SSSR count). The summed E-state index contributed by atoms with van der Waals surface area (Å²) in [5.41, 5.74) is 2.53.